The van der Waals surface area contributed by atoms with E-state index in [1.165, 1.54) is 9.20 Å². The number of hydrogen-bond acceptors (Lipinski definition) is 8. The van der Waals surface area contributed by atoms with Crippen LogP contribution in [0.2, 0.25) is 0 Å². The van der Waals surface area contributed by atoms with Crippen LogP contribution in [0.5, 0.6) is 5.88 Å². The number of halogens is 3. The number of piperidine rings is 1. The first kappa shape index (κ1) is 23.0. The number of alkyl halides is 3. The number of aryl methyl sites for hydroxylation is 1. The molecule has 5 rings (SSSR count). The molecule has 1 unspecified atom stereocenters. The molecule has 4 aromatic rings. The number of nitrogens with zero attached hydrogens (tertiary/aromatic N) is 7. The molecule has 0 saturated carbocycles. The Balaban J connectivity index is 1.50. The fourth-order valence-corrected chi connectivity index (χ4v) is 5.13. The summed E-state index contributed by atoms with van der Waals surface area (Å²) in [5, 5.41) is 14.9. The lowest BCUT2D eigenvalue weighted by atomic mass is 10.0. The molecule has 0 radical (unpaired) electrons. The highest BCUT2D eigenvalue weighted by Crippen LogP contribution is 2.34. The van der Waals surface area contributed by atoms with E-state index in [1.807, 2.05) is 0 Å². The van der Waals surface area contributed by atoms with Gasteiger partial charge >= 0.3 is 0 Å². The number of sulfonamides is 1. The van der Waals surface area contributed by atoms with Crippen LogP contribution in [0.3, 0.4) is 0 Å². The molecule has 1 aliphatic heterocycles. The van der Waals surface area contributed by atoms with Crippen LogP contribution in [0, 0.1) is 0 Å². The third kappa shape index (κ3) is 4.32. The van der Waals surface area contributed by atoms with Crippen molar-refractivity contribution in [3.63, 3.8) is 0 Å². The molecule has 0 bridgehead atoms. The van der Waals surface area contributed by atoms with Gasteiger partial charge in [0.05, 0.1) is 39.4 Å². The molecule has 1 atom stereocenters. The monoisotopic (exact) mass is 525 g/mol. The van der Waals surface area contributed by atoms with E-state index < -0.39 is 42.3 Å². The first-order chi connectivity index (χ1) is 17.6. The van der Waals surface area contributed by atoms with Crippen LogP contribution in [0.1, 0.15) is 7.79 Å². The van der Waals surface area contributed by atoms with Gasteiger partial charge in [0.25, 0.3) is 5.92 Å². The fraction of sp³-hybridized carbons (Fsp3) is 0.429. The molecule has 11 nitrogen and oxygen atoms in total. The summed E-state index contributed by atoms with van der Waals surface area (Å²) in [5.41, 5.74) is 2.96. The highest BCUT2D eigenvalue weighted by atomic mass is 32.2. The van der Waals surface area contributed by atoms with Crippen molar-refractivity contribution in [1.29, 1.82) is 0 Å². The van der Waals surface area contributed by atoms with Crippen molar-refractivity contribution in [1.82, 2.24) is 33.9 Å². The highest BCUT2D eigenvalue weighted by Gasteiger charge is 2.47. The van der Waals surface area contributed by atoms with Crippen molar-refractivity contribution in [2.45, 2.75) is 24.9 Å². The summed E-state index contributed by atoms with van der Waals surface area (Å²) in [6.07, 6.45) is 2.33. The van der Waals surface area contributed by atoms with Gasteiger partial charge in [0.1, 0.15) is 17.7 Å². The van der Waals surface area contributed by atoms with Crippen LogP contribution in [0.4, 0.5) is 19.1 Å². The maximum absolute atomic E-state index is 14.8. The van der Waals surface area contributed by atoms with Gasteiger partial charge in [-0.1, -0.05) is 11.3 Å². The van der Waals surface area contributed by atoms with Crippen molar-refractivity contribution < 1.29 is 27.7 Å². The summed E-state index contributed by atoms with van der Waals surface area (Å²) in [5.74, 6) is -3.53. The number of rotatable bonds is 7. The lowest BCUT2D eigenvalue weighted by molar-refractivity contribution is -0.0541. The minimum atomic E-state index is -3.75. The largest absolute Gasteiger partial charge is 0.479 e. The third-order valence-corrected chi connectivity index (χ3v) is 7.32. The van der Waals surface area contributed by atoms with Gasteiger partial charge in [0.15, 0.2) is 0 Å². The maximum atomic E-state index is 14.8. The van der Waals surface area contributed by atoms with Crippen molar-refractivity contribution in [3.8, 4) is 17.0 Å². The van der Waals surface area contributed by atoms with Gasteiger partial charge in [-0.3, -0.25) is 0 Å². The van der Waals surface area contributed by atoms with Crippen LogP contribution >= 0.6 is 0 Å². The Morgan fingerprint density at radius 2 is 2.17 bits per heavy atom. The second kappa shape index (κ2) is 8.89. The molecule has 192 valence electrons. The van der Waals surface area contributed by atoms with E-state index in [-0.39, 0.29) is 31.3 Å². The van der Waals surface area contributed by atoms with Gasteiger partial charge in [-0.2, -0.15) is 9.29 Å². The predicted octanol–water partition coefficient (Wildman–Crippen LogP) is 2.20. The van der Waals surface area contributed by atoms with E-state index in [9.17, 15) is 21.6 Å². The van der Waals surface area contributed by atoms with E-state index in [4.69, 9.17) is 6.11 Å². The number of ether oxygens (including phenoxy) is 1. The number of benzene rings is 1. The predicted molar refractivity (Wildman–Crippen MR) is 125 cm³/mol. The number of methoxy groups -OCH3 is 1. The molecular formula is C21H23F3N8O3S. The molecule has 0 amide bonds. The smallest absolute Gasteiger partial charge is 0.281 e. The molecule has 4 heterocycles. The average molecular weight is 526 g/mol. The molecular weight excluding hydrogens is 501 g/mol. The number of hydrogen-bond donors (Lipinski definition) is 1. The minimum Gasteiger partial charge on any atom is -0.479 e. The topological polar surface area (TPSA) is 120 Å². The molecule has 15 heteroatoms. The van der Waals surface area contributed by atoms with E-state index >= 15 is 0 Å². The Hall–Kier alpha value is -3.46. The van der Waals surface area contributed by atoms with Crippen LogP contribution in [0.15, 0.2) is 30.5 Å². The van der Waals surface area contributed by atoms with E-state index in [2.05, 4.69) is 25.7 Å². The number of nitrogens with one attached hydrogen (secondary N) is 1. The number of anilines is 1. The van der Waals surface area contributed by atoms with Gasteiger partial charge in [-0.05, 0) is 30.2 Å². The van der Waals surface area contributed by atoms with E-state index in [0.717, 1.165) is 10.6 Å². The van der Waals surface area contributed by atoms with E-state index in [0.29, 0.717) is 27.7 Å². The summed E-state index contributed by atoms with van der Waals surface area (Å²) in [6.45, 7) is -1.58. The zero-order chi connectivity index (χ0) is 26.4. The normalized spacial score (nSPS) is 19.0. The Morgan fingerprint density at radius 1 is 1.33 bits per heavy atom. The van der Waals surface area contributed by atoms with Crippen molar-refractivity contribution >= 4 is 32.5 Å². The first-order valence-corrected chi connectivity index (χ1v) is 12.8. The summed E-state index contributed by atoms with van der Waals surface area (Å²) in [6, 6.07) is 5.63. The molecule has 0 aliphatic carbocycles. The average Bonchev–Trinajstić information content (AvgIpc) is 3.44. The minimum absolute atomic E-state index is 0.000115. The van der Waals surface area contributed by atoms with Crippen molar-refractivity contribution in [2.75, 3.05) is 38.4 Å². The van der Waals surface area contributed by atoms with Gasteiger partial charge in [-0.25, -0.2) is 30.8 Å². The Labute approximate surface area is 205 Å². The van der Waals surface area contributed by atoms with Crippen LogP contribution < -0.4 is 10.1 Å². The first-order valence-electron chi connectivity index (χ1n) is 11.6. The standard InChI is InChI=1S/C21H23F3N8O3S/c1-35-19-18-14(13-3-4-15-16(11-13)31(10-7-22)29-27-15)5-9-32(18)28-20(26-19)25-17-6-8-30(36(2,33)34)12-21(17,23)24/h3-5,9,11,17H,6-8,10,12H2,1-2H3,(H,25,28)/i1D. The highest BCUT2D eigenvalue weighted by molar-refractivity contribution is 7.88. The zero-order valence-electron chi connectivity index (χ0n) is 20.1. The Morgan fingerprint density at radius 3 is 2.89 bits per heavy atom. The quantitative estimate of drug-likeness (QED) is 0.390. The Bertz CT molecular complexity index is 1560. The SMILES string of the molecule is [2H]COc1nc(NC2CCN(S(C)(=O)=O)CC2(F)F)nn2ccc(-c3ccc4nnn(CCF)c4c3)c12. The van der Waals surface area contributed by atoms with Crippen LogP contribution in [0.25, 0.3) is 27.7 Å². The fourth-order valence-electron chi connectivity index (χ4n) is 4.29. The van der Waals surface area contributed by atoms with E-state index in [1.54, 1.807) is 30.5 Å². The molecule has 36 heavy (non-hydrogen) atoms. The zero-order valence-corrected chi connectivity index (χ0v) is 19.9. The van der Waals surface area contributed by atoms with Gasteiger partial charge in [0.2, 0.25) is 21.9 Å². The molecule has 1 fully saturated rings. The van der Waals surface area contributed by atoms with Gasteiger partial charge in [0, 0.05) is 18.3 Å². The molecule has 1 N–H and O–H groups in total. The van der Waals surface area contributed by atoms with Gasteiger partial charge < -0.3 is 10.1 Å². The van der Waals surface area contributed by atoms with Gasteiger partial charge in [-0.15, -0.1) is 10.2 Å². The molecule has 3 aromatic heterocycles. The lowest BCUT2D eigenvalue weighted by Gasteiger charge is -2.37. The van der Waals surface area contributed by atoms with Crippen molar-refractivity contribution in [2.24, 2.45) is 0 Å². The number of fused-ring (bicyclic) bond motifs is 2. The molecule has 1 aromatic carbocycles. The lowest BCUT2D eigenvalue weighted by Crippen LogP contribution is -2.55. The summed E-state index contributed by atoms with van der Waals surface area (Å²) >= 11 is 0. The van der Waals surface area contributed by atoms with Crippen LogP contribution in [-0.4, -0.2) is 87.4 Å². The Kier molecular flexibility index (Phi) is 5.67. The summed E-state index contributed by atoms with van der Waals surface area (Å²) < 4.78 is 82.4. The maximum Gasteiger partial charge on any atom is 0.281 e. The van der Waals surface area contributed by atoms with Crippen LogP contribution in [-0.2, 0) is 16.6 Å². The molecule has 0 spiro atoms. The molecule has 1 aliphatic rings. The second-order valence-corrected chi connectivity index (χ2v) is 10.4. The summed E-state index contributed by atoms with van der Waals surface area (Å²) in [4.78, 5) is 4.25. The molecule has 1 saturated heterocycles. The van der Waals surface area contributed by atoms with Crippen molar-refractivity contribution in [3.05, 3.63) is 30.5 Å². The summed E-state index contributed by atoms with van der Waals surface area (Å²) in [7, 11) is -4.23. The second-order valence-electron chi connectivity index (χ2n) is 8.46. The third-order valence-electron chi connectivity index (χ3n) is 6.07. The number of aromatic nitrogens is 6.